The monoisotopic (exact) mass is 226 g/mol. The lowest BCUT2D eigenvalue weighted by Gasteiger charge is -2.15. The lowest BCUT2D eigenvalue weighted by Crippen LogP contribution is -1.97. The Hall–Kier alpha value is -0.690. The average Bonchev–Trinajstić information content (AvgIpc) is 2.25. The van der Waals surface area contributed by atoms with E-state index < -0.39 is 0 Å². The highest BCUT2D eigenvalue weighted by atomic mass is 35.5. The van der Waals surface area contributed by atoms with Crippen molar-refractivity contribution in [2.75, 3.05) is 7.11 Å². The third kappa shape index (κ3) is 3.13. The van der Waals surface area contributed by atoms with E-state index in [9.17, 15) is 0 Å². The van der Waals surface area contributed by atoms with E-state index in [4.69, 9.17) is 16.3 Å². The number of rotatable bonds is 5. The van der Waals surface area contributed by atoms with Gasteiger partial charge in [-0.1, -0.05) is 37.9 Å². The van der Waals surface area contributed by atoms with E-state index in [1.807, 2.05) is 12.1 Å². The van der Waals surface area contributed by atoms with Crippen LogP contribution in [0.15, 0.2) is 18.2 Å². The van der Waals surface area contributed by atoms with Crippen molar-refractivity contribution < 1.29 is 4.74 Å². The molecule has 0 N–H and O–H groups in total. The van der Waals surface area contributed by atoms with Gasteiger partial charge in [-0.25, -0.2) is 0 Å². The van der Waals surface area contributed by atoms with Gasteiger partial charge in [0.15, 0.2) is 0 Å². The molecule has 0 aromatic heterocycles. The Kier molecular flexibility index (Phi) is 4.97. The number of hydrogen-bond donors (Lipinski definition) is 0. The van der Waals surface area contributed by atoms with Crippen molar-refractivity contribution >= 4 is 11.6 Å². The molecule has 0 amide bonds. The highest BCUT2D eigenvalue weighted by Crippen LogP contribution is 2.31. The summed E-state index contributed by atoms with van der Waals surface area (Å²) in [5.74, 6) is 1.38. The summed E-state index contributed by atoms with van der Waals surface area (Å²) >= 11 is 6.11. The Morgan fingerprint density at radius 3 is 2.53 bits per heavy atom. The van der Waals surface area contributed by atoms with E-state index in [0.717, 1.165) is 12.2 Å². The van der Waals surface area contributed by atoms with E-state index >= 15 is 0 Å². The Morgan fingerprint density at radius 2 is 2.07 bits per heavy atom. The molecule has 0 bridgehead atoms. The van der Waals surface area contributed by atoms with E-state index in [0.29, 0.717) is 10.9 Å². The molecular weight excluding hydrogens is 208 g/mol. The van der Waals surface area contributed by atoms with Gasteiger partial charge >= 0.3 is 0 Å². The van der Waals surface area contributed by atoms with Gasteiger partial charge in [0.25, 0.3) is 0 Å². The fraction of sp³-hybridized carbons (Fsp3) is 0.538. The molecule has 0 aliphatic rings. The summed E-state index contributed by atoms with van der Waals surface area (Å²) in [4.78, 5) is 0. The maximum atomic E-state index is 6.11. The van der Waals surface area contributed by atoms with Crippen LogP contribution < -0.4 is 4.74 Å². The van der Waals surface area contributed by atoms with Crippen molar-refractivity contribution in [1.82, 2.24) is 0 Å². The molecule has 1 nitrogen and oxygen atoms in total. The number of halogens is 1. The topological polar surface area (TPSA) is 9.23 Å². The van der Waals surface area contributed by atoms with Crippen molar-refractivity contribution in [3.8, 4) is 5.75 Å². The minimum absolute atomic E-state index is 0.624. The van der Waals surface area contributed by atoms with Crippen LogP contribution in [0.5, 0.6) is 5.75 Å². The van der Waals surface area contributed by atoms with E-state index in [2.05, 4.69) is 19.9 Å². The van der Waals surface area contributed by atoms with Crippen molar-refractivity contribution in [1.29, 1.82) is 0 Å². The predicted octanol–water partition coefficient (Wildman–Crippen LogP) is 4.64. The quantitative estimate of drug-likeness (QED) is 0.711. The molecule has 0 heterocycles. The zero-order chi connectivity index (χ0) is 11.3. The molecule has 1 aromatic rings. The summed E-state index contributed by atoms with van der Waals surface area (Å²) in [6.45, 7) is 4.44. The van der Waals surface area contributed by atoms with Crippen LogP contribution in [0.3, 0.4) is 0 Å². The first-order chi connectivity index (χ1) is 7.22. The molecule has 0 spiro atoms. The van der Waals surface area contributed by atoms with Gasteiger partial charge in [0.2, 0.25) is 0 Å². The molecule has 1 rings (SSSR count). The minimum Gasteiger partial charge on any atom is -0.495 e. The fourth-order valence-corrected chi connectivity index (χ4v) is 2.16. The Balaban J connectivity index is 2.89. The SMILES string of the molecule is CCCC(CC)c1ccc(OC)c(Cl)c1. The van der Waals surface area contributed by atoms with Crippen LogP contribution in [-0.2, 0) is 0 Å². The molecule has 2 heteroatoms. The summed E-state index contributed by atoms with van der Waals surface area (Å²) in [7, 11) is 1.64. The van der Waals surface area contributed by atoms with E-state index in [1.165, 1.54) is 18.4 Å². The zero-order valence-corrected chi connectivity index (χ0v) is 10.5. The molecule has 0 saturated heterocycles. The van der Waals surface area contributed by atoms with Crippen molar-refractivity contribution in [3.63, 3.8) is 0 Å². The summed E-state index contributed by atoms with van der Waals surface area (Å²) in [5.41, 5.74) is 1.32. The maximum absolute atomic E-state index is 6.11. The molecule has 84 valence electrons. The first-order valence-corrected chi connectivity index (χ1v) is 5.94. The lowest BCUT2D eigenvalue weighted by molar-refractivity contribution is 0.414. The van der Waals surface area contributed by atoms with Gasteiger partial charge < -0.3 is 4.74 Å². The van der Waals surface area contributed by atoms with Crippen LogP contribution in [0.25, 0.3) is 0 Å². The smallest absolute Gasteiger partial charge is 0.137 e. The highest BCUT2D eigenvalue weighted by molar-refractivity contribution is 6.32. The summed E-state index contributed by atoms with van der Waals surface area (Å²) in [6, 6.07) is 6.11. The highest BCUT2D eigenvalue weighted by Gasteiger charge is 2.10. The van der Waals surface area contributed by atoms with Crippen LogP contribution >= 0.6 is 11.6 Å². The molecule has 1 atom stereocenters. The molecule has 0 saturated carbocycles. The number of ether oxygens (including phenoxy) is 1. The molecule has 0 aliphatic carbocycles. The predicted molar refractivity (Wildman–Crippen MR) is 65.9 cm³/mol. The molecular formula is C13H19ClO. The Bertz CT molecular complexity index is 309. The van der Waals surface area contributed by atoms with Gasteiger partial charge in [-0.2, -0.15) is 0 Å². The van der Waals surface area contributed by atoms with E-state index in [1.54, 1.807) is 7.11 Å². The summed E-state index contributed by atoms with van der Waals surface area (Å²) in [5, 5.41) is 0.713. The van der Waals surface area contributed by atoms with Gasteiger partial charge in [0.05, 0.1) is 12.1 Å². The second-order valence-corrected chi connectivity index (χ2v) is 4.20. The van der Waals surface area contributed by atoms with Gasteiger partial charge in [0, 0.05) is 0 Å². The van der Waals surface area contributed by atoms with Crippen LogP contribution in [0.2, 0.25) is 5.02 Å². The molecule has 1 unspecified atom stereocenters. The second kappa shape index (κ2) is 6.02. The van der Waals surface area contributed by atoms with Crippen LogP contribution in [0.1, 0.15) is 44.6 Å². The van der Waals surface area contributed by atoms with Crippen molar-refractivity contribution in [2.45, 2.75) is 39.0 Å². The standard InChI is InChI=1S/C13H19ClO/c1-4-6-10(5-2)11-7-8-13(15-3)12(14)9-11/h7-10H,4-6H2,1-3H3. The minimum atomic E-state index is 0.624. The van der Waals surface area contributed by atoms with Crippen molar-refractivity contribution in [2.24, 2.45) is 0 Å². The summed E-state index contributed by atoms with van der Waals surface area (Å²) in [6.07, 6.45) is 3.60. The zero-order valence-electron chi connectivity index (χ0n) is 9.72. The maximum Gasteiger partial charge on any atom is 0.137 e. The normalized spacial score (nSPS) is 12.5. The van der Waals surface area contributed by atoms with Gasteiger partial charge in [-0.05, 0) is 36.5 Å². The van der Waals surface area contributed by atoms with Gasteiger partial charge in [0.1, 0.15) is 5.75 Å². The lowest BCUT2D eigenvalue weighted by atomic mass is 9.92. The third-order valence-electron chi connectivity index (χ3n) is 2.78. The fourth-order valence-electron chi connectivity index (χ4n) is 1.89. The second-order valence-electron chi connectivity index (χ2n) is 3.79. The average molecular weight is 227 g/mol. The van der Waals surface area contributed by atoms with Gasteiger partial charge in [-0.3, -0.25) is 0 Å². The molecule has 1 aromatic carbocycles. The van der Waals surface area contributed by atoms with Crippen molar-refractivity contribution in [3.05, 3.63) is 28.8 Å². The molecule has 0 fully saturated rings. The molecule has 0 radical (unpaired) electrons. The van der Waals surface area contributed by atoms with E-state index in [-0.39, 0.29) is 0 Å². The number of hydrogen-bond acceptors (Lipinski definition) is 1. The largest absolute Gasteiger partial charge is 0.495 e. The molecule has 15 heavy (non-hydrogen) atoms. The third-order valence-corrected chi connectivity index (χ3v) is 3.07. The van der Waals surface area contributed by atoms with Crippen LogP contribution in [-0.4, -0.2) is 7.11 Å². The van der Waals surface area contributed by atoms with Crippen LogP contribution in [0.4, 0.5) is 0 Å². The summed E-state index contributed by atoms with van der Waals surface area (Å²) < 4.78 is 5.14. The van der Waals surface area contributed by atoms with Gasteiger partial charge in [-0.15, -0.1) is 0 Å². The molecule has 0 aliphatic heterocycles. The van der Waals surface area contributed by atoms with Crippen LogP contribution in [0, 0.1) is 0 Å². The first-order valence-electron chi connectivity index (χ1n) is 5.56. The number of benzene rings is 1. The Morgan fingerprint density at radius 1 is 1.33 bits per heavy atom. The number of methoxy groups -OCH3 is 1. The first kappa shape index (κ1) is 12.4. The Labute approximate surface area is 97.4 Å².